The number of aliphatic hydroxyl groups excluding tert-OH is 1. The van der Waals surface area contributed by atoms with E-state index in [2.05, 4.69) is 11.6 Å². The van der Waals surface area contributed by atoms with E-state index >= 15 is 0 Å². The van der Waals surface area contributed by atoms with Crippen LogP contribution in [0.4, 0.5) is 0 Å². The van der Waals surface area contributed by atoms with Crippen molar-refractivity contribution in [2.24, 2.45) is 4.99 Å². The van der Waals surface area contributed by atoms with Gasteiger partial charge >= 0.3 is 5.97 Å². The van der Waals surface area contributed by atoms with E-state index in [1.165, 1.54) is 0 Å². The van der Waals surface area contributed by atoms with E-state index in [-0.39, 0.29) is 17.9 Å². The number of aliphatic imine (C=N–C) groups is 1. The molecule has 120 valence electrons. The van der Waals surface area contributed by atoms with Crippen LogP contribution in [0.2, 0.25) is 0 Å². The van der Waals surface area contributed by atoms with E-state index in [0.29, 0.717) is 23.8 Å². The molecule has 5 heteroatoms. The predicted molar refractivity (Wildman–Crippen MR) is 89.5 cm³/mol. The summed E-state index contributed by atoms with van der Waals surface area (Å²) in [6, 6.07) is 7.34. The highest BCUT2D eigenvalue weighted by atomic mass is 16.5. The molecule has 1 N–H and O–H groups in total. The van der Waals surface area contributed by atoms with Crippen molar-refractivity contribution in [2.75, 3.05) is 13.2 Å². The largest absolute Gasteiger partial charge is 0.505 e. The first kappa shape index (κ1) is 16.5. The molecule has 1 aromatic carbocycles. The first-order valence-corrected chi connectivity index (χ1v) is 7.28. The van der Waals surface area contributed by atoms with Gasteiger partial charge in [0.05, 0.1) is 12.3 Å². The fraction of sp³-hybridized carbons (Fsp3) is 0.222. The zero-order valence-corrected chi connectivity index (χ0v) is 13.2. The van der Waals surface area contributed by atoms with E-state index in [0.717, 1.165) is 5.56 Å². The highest BCUT2D eigenvalue weighted by Crippen LogP contribution is 2.27. The van der Waals surface area contributed by atoms with Crippen LogP contribution in [-0.4, -0.2) is 30.0 Å². The Morgan fingerprint density at radius 2 is 2.22 bits per heavy atom. The molecule has 0 aliphatic carbocycles. The van der Waals surface area contributed by atoms with Crippen molar-refractivity contribution < 1.29 is 19.4 Å². The molecule has 1 aliphatic rings. The van der Waals surface area contributed by atoms with Gasteiger partial charge in [-0.15, -0.1) is 0 Å². The summed E-state index contributed by atoms with van der Waals surface area (Å²) in [7, 11) is 0. The van der Waals surface area contributed by atoms with Gasteiger partial charge in [0, 0.05) is 0 Å². The molecule has 0 aromatic heterocycles. The molecule has 0 saturated heterocycles. The van der Waals surface area contributed by atoms with Gasteiger partial charge in [0.15, 0.2) is 5.76 Å². The molecule has 0 bridgehead atoms. The molecule has 0 atom stereocenters. The SMILES string of the molecule is C=CCOc1cccc(C=C2N=C(C)C(C(=O)OCC)=C2O)c1. The summed E-state index contributed by atoms with van der Waals surface area (Å²) in [6.45, 7) is 7.63. The molecule has 0 saturated carbocycles. The number of nitrogens with zero attached hydrogens (tertiary/aromatic N) is 1. The molecule has 0 unspecified atom stereocenters. The number of benzene rings is 1. The second kappa shape index (κ2) is 7.45. The van der Waals surface area contributed by atoms with Crippen LogP contribution in [-0.2, 0) is 9.53 Å². The Kier molecular flexibility index (Phi) is 5.36. The van der Waals surface area contributed by atoms with Crippen LogP contribution in [0.15, 0.2) is 58.9 Å². The Labute approximate surface area is 135 Å². The zero-order chi connectivity index (χ0) is 16.8. The van der Waals surface area contributed by atoms with E-state index < -0.39 is 5.97 Å². The van der Waals surface area contributed by atoms with Gasteiger partial charge < -0.3 is 14.6 Å². The van der Waals surface area contributed by atoms with Gasteiger partial charge in [0.2, 0.25) is 0 Å². The molecule has 0 spiro atoms. The first-order valence-electron chi connectivity index (χ1n) is 7.28. The number of carbonyl (C=O) groups excluding carboxylic acids is 1. The van der Waals surface area contributed by atoms with Crippen molar-refractivity contribution in [3.05, 3.63) is 59.5 Å². The number of rotatable bonds is 6. The van der Waals surface area contributed by atoms with E-state index in [1.807, 2.05) is 24.3 Å². The zero-order valence-electron chi connectivity index (χ0n) is 13.2. The molecule has 5 nitrogen and oxygen atoms in total. The van der Waals surface area contributed by atoms with E-state index in [4.69, 9.17) is 9.47 Å². The standard InChI is InChI=1S/C18H19NO4/c1-4-9-23-14-8-6-7-13(10-14)11-15-17(20)16(12(3)19-15)18(21)22-5-2/h4,6-8,10-11,20H,1,5,9H2,2-3H3. The molecule has 1 aromatic rings. The van der Waals surface area contributed by atoms with Crippen molar-refractivity contribution in [3.8, 4) is 5.75 Å². The van der Waals surface area contributed by atoms with Gasteiger partial charge in [-0.25, -0.2) is 9.79 Å². The van der Waals surface area contributed by atoms with E-state index in [9.17, 15) is 9.90 Å². The molecular weight excluding hydrogens is 294 g/mol. The summed E-state index contributed by atoms with van der Waals surface area (Å²) in [4.78, 5) is 16.1. The van der Waals surface area contributed by atoms with Crippen LogP contribution in [0.3, 0.4) is 0 Å². The van der Waals surface area contributed by atoms with E-state index in [1.54, 1.807) is 26.0 Å². The summed E-state index contributed by atoms with van der Waals surface area (Å²) in [6.07, 6.45) is 3.35. The summed E-state index contributed by atoms with van der Waals surface area (Å²) in [5, 5.41) is 10.2. The lowest BCUT2D eigenvalue weighted by molar-refractivity contribution is -0.138. The second-order valence-electron chi connectivity index (χ2n) is 4.84. The maximum atomic E-state index is 11.9. The van der Waals surface area contributed by atoms with Crippen molar-refractivity contribution in [1.82, 2.24) is 0 Å². The van der Waals surface area contributed by atoms with Crippen LogP contribution in [0, 0.1) is 0 Å². The number of esters is 1. The fourth-order valence-corrected chi connectivity index (χ4v) is 2.14. The van der Waals surface area contributed by atoms with Gasteiger partial charge in [-0.1, -0.05) is 24.8 Å². The second-order valence-corrected chi connectivity index (χ2v) is 4.84. The summed E-state index contributed by atoms with van der Waals surface area (Å²) < 4.78 is 10.4. The quantitative estimate of drug-likeness (QED) is 0.645. The summed E-state index contributed by atoms with van der Waals surface area (Å²) in [5.74, 6) is -0.0527. The van der Waals surface area contributed by atoms with Crippen molar-refractivity contribution in [2.45, 2.75) is 13.8 Å². The molecule has 0 amide bonds. The van der Waals surface area contributed by atoms with Gasteiger partial charge in [-0.2, -0.15) is 0 Å². The maximum Gasteiger partial charge on any atom is 0.343 e. The molecule has 2 rings (SSSR count). The smallest absolute Gasteiger partial charge is 0.343 e. The minimum absolute atomic E-state index is 0.108. The molecule has 23 heavy (non-hydrogen) atoms. The maximum absolute atomic E-state index is 11.9. The third-order valence-corrected chi connectivity index (χ3v) is 3.14. The van der Waals surface area contributed by atoms with Gasteiger partial charge in [0.1, 0.15) is 23.6 Å². The average molecular weight is 313 g/mol. The topological polar surface area (TPSA) is 68.1 Å². The van der Waals surface area contributed by atoms with Crippen LogP contribution in [0.5, 0.6) is 5.75 Å². The Balaban J connectivity index is 2.30. The number of hydrogen-bond donors (Lipinski definition) is 1. The highest BCUT2D eigenvalue weighted by Gasteiger charge is 2.27. The van der Waals surface area contributed by atoms with Crippen LogP contribution in [0.25, 0.3) is 6.08 Å². The van der Waals surface area contributed by atoms with Gasteiger partial charge in [-0.05, 0) is 37.6 Å². The molecule has 1 aliphatic heterocycles. The Morgan fingerprint density at radius 1 is 1.43 bits per heavy atom. The third kappa shape index (κ3) is 3.88. The summed E-state index contributed by atoms with van der Waals surface area (Å²) >= 11 is 0. The Hall–Kier alpha value is -2.82. The van der Waals surface area contributed by atoms with Crippen molar-refractivity contribution in [3.63, 3.8) is 0 Å². The van der Waals surface area contributed by atoms with Crippen molar-refractivity contribution in [1.29, 1.82) is 0 Å². The van der Waals surface area contributed by atoms with Crippen LogP contribution in [0.1, 0.15) is 19.4 Å². The van der Waals surface area contributed by atoms with Crippen molar-refractivity contribution >= 4 is 17.8 Å². The Bertz CT molecular complexity index is 713. The van der Waals surface area contributed by atoms with Crippen LogP contribution >= 0.6 is 0 Å². The third-order valence-electron chi connectivity index (χ3n) is 3.14. The first-order chi connectivity index (χ1) is 11.1. The monoisotopic (exact) mass is 313 g/mol. The number of aliphatic hydroxyl groups is 1. The summed E-state index contributed by atoms with van der Waals surface area (Å²) in [5.41, 5.74) is 1.67. The normalized spacial score (nSPS) is 15.6. The van der Waals surface area contributed by atoms with Gasteiger partial charge in [-0.3, -0.25) is 0 Å². The molecular formula is C18H19NO4. The lowest BCUT2D eigenvalue weighted by Crippen LogP contribution is -2.13. The number of carbonyl (C=O) groups is 1. The minimum atomic E-state index is -0.572. The number of hydrogen-bond acceptors (Lipinski definition) is 5. The molecule has 0 fully saturated rings. The van der Waals surface area contributed by atoms with Gasteiger partial charge in [0.25, 0.3) is 0 Å². The lowest BCUT2D eigenvalue weighted by atomic mass is 10.1. The fourth-order valence-electron chi connectivity index (χ4n) is 2.14. The molecule has 0 radical (unpaired) electrons. The van der Waals surface area contributed by atoms with Crippen LogP contribution < -0.4 is 4.74 Å². The minimum Gasteiger partial charge on any atom is -0.505 e. The average Bonchev–Trinajstić information content (AvgIpc) is 2.80. The lowest BCUT2D eigenvalue weighted by Gasteiger charge is -2.04. The molecule has 1 heterocycles. The predicted octanol–water partition coefficient (Wildman–Crippen LogP) is 3.44. The number of ether oxygens (including phenoxy) is 2. The Morgan fingerprint density at radius 3 is 2.91 bits per heavy atom. The highest BCUT2D eigenvalue weighted by molar-refractivity contribution is 6.22.